The molecule has 0 saturated heterocycles. The third-order valence-electron chi connectivity index (χ3n) is 2.92. The molecule has 4 nitrogen and oxygen atoms in total. The first-order valence-corrected chi connectivity index (χ1v) is 5.10. The SMILES string of the molecule is CN1C=CN(C)C1[C]C1N(C)C=CN1C. The maximum atomic E-state index is 3.56. The average molecular weight is 206 g/mol. The Morgan fingerprint density at radius 1 is 0.667 bits per heavy atom. The summed E-state index contributed by atoms with van der Waals surface area (Å²) in [6, 6.07) is 0. The minimum atomic E-state index is 0.222. The molecule has 15 heavy (non-hydrogen) atoms. The third kappa shape index (κ3) is 1.76. The van der Waals surface area contributed by atoms with E-state index in [0.717, 1.165) is 0 Å². The van der Waals surface area contributed by atoms with Gasteiger partial charge in [0.1, 0.15) is 12.3 Å². The maximum Gasteiger partial charge on any atom is 0.111 e. The van der Waals surface area contributed by atoms with E-state index in [9.17, 15) is 0 Å². The fourth-order valence-corrected chi connectivity index (χ4v) is 1.92. The molecule has 4 heteroatoms. The van der Waals surface area contributed by atoms with Crippen molar-refractivity contribution in [3.8, 4) is 0 Å². The molecule has 2 radical (unpaired) electrons. The molecule has 0 fully saturated rings. The molecule has 0 amide bonds. The quantitative estimate of drug-likeness (QED) is 0.649. The zero-order valence-electron chi connectivity index (χ0n) is 9.75. The van der Waals surface area contributed by atoms with Crippen LogP contribution < -0.4 is 0 Å². The van der Waals surface area contributed by atoms with Crippen molar-refractivity contribution in [2.75, 3.05) is 28.2 Å². The third-order valence-corrected chi connectivity index (χ3v) is 2.92. The predicted octanol–water partition coefficient (Wildman–Crippen LogP) is 0.417. The lowest BCUT2D eigenvalue weighted by atomic mass is 10.2. The highest BCUT2D eigenvalue weighted by atomic mass is 15.4. The summed E-state index contributed by atoms with van der Waals surface area (Å²) < 4.78 is 0. The van der Waals surface area contributed by atoms with Crippen LogP contribution in [0.15, 0.2) is 24.8 Å². The van der Waals surface area contributed by atoms with Crippen LogP contribution in [0.25, 0.3) is 0 Å². The summed E-state index contributed by atoms with van der Waals surface area (Å²) in [5.74, 6) is 0. The Balaban J connectivity index is 1.97. The lowest BCUT2D eigenvalue weighted by Gasteiger charge is -2.34. The second kappa shape index (κ2) is 3.68. The maximum absolute atomic E-state index is 3.56. The summed E-state index contributed by atoms with van der Waals surface area (Å²) in [7, 11) is 8.28. The van der Waals surface area contributed by atoms with E-state index in [1.165, 1.54) is 0 Å². The van der Waals surface area contributed by atoms with Gasteiger partial charge in [0, 0.05) is 53.0 Å². The number of nitrogens with zero attached hydrogens (tertiary/aromatic N) is 4. The molecule has 0 N–H and O–H groups in total. The molecule has 0 aromatic heterocycles. The molecule has 2 aliphatic heterocycles. The minimum Gasteiger partial charge on any atom is -0.358 e. The van der Waals surface area contributed by atoms with Gasteiger partial charge in [0.15, 0.2) is 0 Å². The second-order valence-corrected chi connectivity index (χ2v) is 4.17. The highest BCUT2D eigenvalue weighted by Crippen LogP contribution is 2.21. The van der Waals surface area contributed by atoms with Crippen molar-refractivity contribution in [1.82, 2.24) is 19.6 Å². The predicted molar refractivity (Wildman–Crippen MR) is 60.2 cm³/mol. The fourth-order valence-electron chi connectivity index (χ4n) is 1.92. The van der Waals surface area contributed by atoms with Crippen LogP contribution in [-0.2, 0) is 0 Å². The van der Waals surface area contributed by atoms with Crippen LogP contribution in [0.5, 0.6) is 0 Å². The van der Waals surface area contributed by atoms with Gasteiger partial charge < -0.3 is 19.6 Å². The van der Waals surface area contributed by atoms with E-state index in [0.29, 0.717) is 0 Å². The van der Waals surface area contributed by atoms with Gasteiger partial charge in [0.05, 0.1) is 6.42 Å². The molecule has 0 aromatic carbocycles. The van der Waals surface area contributed by atoms with Crippen LogP contribution in [-0.4, -0.2) is 60.1 Å². The van der Waals surface area contributed by atoms with Crippen LogP contribution in [0.3, 0.4) is 0 Å². The fraction of sp³-hybridized carbons (Fsp3) is 0.545. The minimum absolute atomic E-state index is 0.222. The normalized spacial score (nSPS) is 22.7. The van der Waals surface area contributed by atoms with Gasteiger partial charge in [-0.1, -0.05) is 0 Å². The largest absolute Gasteiger partial charge is 0.358 e. The van der Waals surface area contributed by atoms with E-state index in [4.69, 9.17) is 0 Å². The van der Waals surface area contributed by atoms with Crippen molar-refractivity contribution in [3.05, 3.63) is 31.2 Å². The topological polar surface area (TPSA) is 13.0 Å². The van der Waals surface area contributed by atoms with Crippen LogP contribution in [0.2, 0.25) is 0 Å². The van der Waals surface area contributed by atoms with Crippen LogP contribution in [0, 0.1) is 6.42 Å². The van der Waals surface area contributed by atoms with Crippen LogP contribution in [0.4, 0.5) is 0 Å². The molecule has 0 unspecified atom stereocenters. The summed E-state index contributed by atoms with van der Waals surface area (Å²) >= 11 is 0. The van der Waals surface area contributed by atoms with Crippen molar-refractivity contribution in [3.63, 3.8) is 0 Å². The van der Waals surface area contributed by atoms with Crippen LogP contribution >= 0.6 is 0 Å². The molecule has 2 aliphatic rings. The van der Waals surface area contributed by atoms with Gasteiger partial charge in [0.2, 0.25) is 0 Å². The Labute approximate surface area is 92.0 Å². The zero-order valence-corrected chi connectivity index (χ0v) is 9.75. The molecule has 0 atom stereocenters. The Bertz CT molecular complexity index is 234. The molecule has 0 spiro atoms. The molecule has 2 rings (SSSR count). The molecular formula is C11H18N4. The van der Waals surface area contributed by atoms with Gasteiger partial charge in [-0.3, -0.25) is 0 Å². The second-order valence-electron chi connectivity index (χ2n) is 4.17. The Morgan fingerprint density at radius 2 is 0.933 bits per heavy atom. The van der Waals surface area contributed by atoms with Gasteiger partial charge in [-0.25, -0.2) is 0 Å². The summed E-state index contributed by atoms with van der Waals surface area (Å²) in [5.41, 5.74) is 0. The monoisotopic (exact) mass is 206 g/mol. The molecule has 0 aliphatic carbocycles. The first-order valence-electron chi connectivity index (χ1n) is 5.10. The first-order chi connectivity index (χ1) is 7.09. The molecule has 0 aromatic rings. The van der Waals surface area contributed by atoms with Gasteiger partial charge in [-0.05, 0) is 0 Å². The van der Waals surface area contributed by atoms with Gasteiger partial charge in [0.25, 0.3) is 0 Å². The number of hydrogen-bond acceptors (Lipinski definition) is 4. The highest BCUT2D eigenvalue weighted by molar-refractivity contribution is 5.08. The number of hydrogen-bond donors (Lipinski definition) is 0. The summed E-state index contributed by atoms with van der Waals surface area (Å²) in [4.78, 5) is 8.61. The highest BCUT2D eigenvalue weighted by Gasteiger charge is 2.30. The van der Waals surface area contributed by atoms with Gasteiger partial charge in [-0.2, -0.15) is 0 Å². The van der Waals surface area contributed by atoms with Crippen molar-refractivity contribution >= 4 is 0 Å². The van der Waals surface area contributed by atoms with E-state index in [1.54, 1.807) is 0 Å². The van der Waals surface area contributed by atoms with Gasteiger partial charge >= 0.3 is 0 Å². The summed E-state index contributed by atoms with van der Waals surface area (Å²) in [5, 5.41) is 0. The molecular weight excluding hydrogens is 188 g/mol. The van der Waals surface area contributed by atoms with E-state index >= 15 is 0 Å². The smallest absolute Gasteiger partial charge is 0.111 e. The van der Waals surface area contributed by atoms with E-state index < -0.39 is 0 Å². The van der Waals surface area contributed by atoms with Crippen molar-refractivity contribution in [2.24, 2.45) is 0 Å². The van der Waals surface area contributed by atoms with E-state index in [1.807, 2.05) is 0 Å². The lowest BCUT2D eigenvalue weighted by molar-refractivity contribution is 0.165. The standard InChI is InChI=1S/C11H18N4/c1-12-5-6-13(2)10(12)9-11-14(3)7-8-15(11)4/h5-8,10-11H,1-4H3. The van der Waals surface area contributed by atoms with E-state index in [-0.39, 0.29) is 12.3 Å². The van der Waals surface area contributed by atoms with E-state index in [2.05, 4.69) is 79.0 Å². The molecule has 0 saturated carbocycles. The molecule has 0 bridgehead atoms. The van der Waals surface area contributed by atoms with Crippen molar-refractivity contribution < 1.29 is 0 Å². The Hall–Kier alpha value is -1.32. The summed E-state index contributed by atoms with van der Waals surface area (Å²) in [6.45, 7) is 0. The Morgan fingerprint density at radius 3 is 1.20 bits per heavy atom. The van der Waals surface area contributed by atoms with Gasteiger partial charge in [-0.15, -0.1) is 0 Å². The Kier molecular flexibility index (Phi) is 2.50. The first kappa shape index (κ1) is 10.2. The van der Waals surface area contributed by atoms with Crippen molar-refractivity contribution in [2.45, 2.75) is 12.3 Å². The molecule has 2 heterocycles. The van der Waals surface area contributed by atoms with Crippen LogP contribution in [0.1, 0.15) is 0 Å². The number of rotatable bonds is 2. The lowest BCUT2D eigenvalue weighted by Crippen LogP contribution is -2.44. The average Bonchev–Trinajstić information content (AvgIpc) is 2.67. The van der Waals surface area contributed by atoms with Crippen molar-refractivity contribution in [1.29, 1.82) is 0 Å². The zero-order chi connectivity index (χ0) is 11.0. The summed E-state index contributed by atoms with van der Waals surface area (Å²) in [6.07, 6.45) is 12.3. The molecule has 82 valence electrons.